The van der Waals surface area contributed by atoms with Crippen molar-refractivity contribution >= 4 is 5.96 Å². The average molecular weight is 355 g/mol. The summed E-state index contributed by atoms with van der Waals surface area (Å²) in [5.41, 5.74) is 1.27. The number of imidazole rings is 1. The number of nitrogens with one attached hydrogen (secondary N) is 2. The molecule has 6 nitrogen and oxygen atoms in total. The summed E-state index contributed by atoms with van der Waals surface area (Å²) < 4.78 is 8.16. The van der Waals surface area contributed by atoms with E-state index in [1.165, 1.54) is 5.56 Å². The molecule has 0 aliphatic carbocycles. The fraction of sp³-hybridized carbons (Fsp3) is 0.500. The van der Waals surface area contributed by atoms with Crippen LogP contribution in [0.5, 0.6) is 5.75 Å². The summed E-state index contributed by atoms with van der Waals surface area (Å²) in [4.78, 5) is 9.13. The van der Waals surface area contributed by atoms with Crippen LogP contribution in [0.4, 0.5) is 0 Å². The second-order valence-electron chi connectivity index (χ2n) is 7.02. The molecule has 1 aromatic heterocycles. The minimum atomic E-state index is 0.138. The van der Waals surface area contributed by atoms with Crippen molar-refractivity contribution in [2.45, 2.75) is 46.4 Å². The molecule has 1 atom stereocenters. The topological polar surface area (TPSA) is 63.5 Å². The Morgan fingerprint density at radius 3 is 2.96 bits per heavy atom. The summed E-state index contributed by atoms with van der Waals surface area (Å²) in [6.07, 6.45) is 4.94. The molecule has 26 heavy (non-hydrogen) atoms. The number of fused-ring (bicyclic) bond motifs is 1. The van der Waals surface area contributed by atoms with Gasteiger partial charge in [0.15, 0.2) is 5.96 Å². The third kappa shape index (κ3) is 4.77. The molecule has 2 N–H and O–H groups in total. The maximum atomic E-state index is 5.99. The molecular formula is C20H29N5O. The summed E-state index contributed by atoms with van der Waals surface area (Å²) in [5.74, 6) is 3.36. The highest BCUT2D eigenvalue weighted by atomic mass is 16.5. The Balaban J connectivity index is 1.56. The van der Waals surface area contributed by atoms with Gasteiger partial charge in [-0.25, -0.2) is 9.98 Å². The molecule has 1 aliphatic heterocycles. The molecule has 6 heteroatoms. The SMILES string of the molecule is CCNC(=NCc1nccn1CC(C)C)NCC1Cc2ccccc2O1. The summed E-state index contributed by atoms with van der Waals surface area (Å²) >= 11 is 0. The number of hydrogen-bond donors (Lipinski definition) is 2. The molecule has 2 aromatic rings. The Morgan fingerprint density at radius 2 is 2.19 bits per heavy atom. The lowest BCUT2D eigenvalue weighted by molar-refractivity contribution is 0.235. The van der Waals surface area contributed by atoms with Gasteiger partial charge in [0.1, 0.15) is 24.2 Å². The number of para-hydroxylation sites is 1. The van der Waals surface area contributed by atoms with E-state index in [2.05, 4.69) is 58.1 Å². The van der Waals surface area contributed by atoms with E-state index >= 15 is 0 Å². The Bertz CT molecular complexity index is 712. The lowest BCUT2D eigenvalue weighted by Crippen LogP contribution is -2.42. The van der Waals surface area contributed by atoms with Gasteiger partial charge in [-0.3, -0.25) is 0 Å². The first-order valence-corrected chi connectivity index (χ1v) is 9.42. The Morgan fingerprint density at radius 1 is 1.35 bits per heavy atom. The molecule has 0 radical (unpaired) electrons. The summed E-state index contributed by atoms with van der Waals surface area (Å²) in [5, 5.41) is 6.69. The van der Waals surface area contributed by atoms with Crippen LogP contribution in [0.15, 0.2) is 41.7 Å². The molecule has 0 amide bonds. The van der Waals surface area contributed by atoms with E-state index in [0.717, 1.165) is 43.6 Å². The van der Waals surface area contributed by atoms with Crippen LogP contribution in [-0.2, 0) is 19.5 Å². The Kier molecular flexibility index (Phi) is 6.15. The normalized spacial score (nSPS) is 16.5. The smallest absolute Gasteiger partial charge is 0.191 e. The molecular weight excluding hydrogens is 326 g/mol. The van der Waals surface area contributed by atoms with Crippen LogP contribution >= 0.6 is 0 Å². The molecule has 3 rings (SSSR count). The van der Waals surface area contributed by atoms with E-state index in [1.54, 1.807) is 0 Å². The minimum Gasteiger partial charge on any atom is -0.488 e. The molecule has 0 saturated heterocycles. The van der Waals surface area contributed by atoms with Crippen molar-refractivity contribution < 1.29 is 4.74 Å². The van der Waals surface area contributed by atoms with Crippen molar-refractivity contribution in [3.05, 3.63) is 48.0 Å². The largest absolute Gasteiger partial charge is 0.488 e. The van der Waals surface area contributed by atoms with Gasteiger partial charge in [-0.1, -0.05) is 32.0 Å². The summed E-state index contributed by atoms with van der Waals surface area (Å²) in [6, 6.07) is 8.23. The van der Waals surface area contributed by atoms with Gasteiger partial charge in [0.05, 0.1) is 6.54 Å². The standard InChI is InChI=1S/C20H29N5O/c1-4-21-20(24-13-19-22-9-10-25(19)14-15(2)3)23-12-17-11-16-7-5-6-8-18(16)26-17/h5-10,15,17H,4,11-14H2,1-3H3,(H2,21,23,24). The predicted molar refractivity (Wildman–Crippen MR) is 104 cm³/mol. The Hall–Kier alpha value is -2.50. The molecule has 2 heterocycles. The number of aliphatic imine (C=N–C) groups is 1. The van der Waals surface area contributed by atoms with Gasteiger partial charge in [-0.15, -0.1) is 0 Å². The first-order valence-electron chi connectivity index (χ1n) is 9.42. The van der Waals surface area contributed by atoms with E-state index in [0.29, 0.717) is 12.5 Å². The fourth-order valence-electron chi connectivity index (χ4n) is 3.12. The van der Waals surface area contributed by atoms with Gasteiger partial charge in [0, 0.05) is 31.9 Å². The Labute approximate surface area is 155 Å². The average Bonchev–Trinajstić information content (AvgIpc) is 3.23. The molecule has 0 bridgehead atoms. The second-order valence-corrected chi connectivity index (χ2v) is 7.02. The van der Waals surface area contributed by atoms with Gasteiger partial charge in [0.25, 0.3) is 0 Å². The number of ether oxygens (including phenoxy) is 1. The third-order valence-electron chi connectivity index (χ3n) is 4.30. The van der Waals surface area contributed by atoms with Gasteiger partial charge in [-0.05, 0) is 24.5 Å². The van der Waals surface area contributed by atoms with Crippen molar-refractivity contribution in [1.29, 1.82) is 0 Å². The zero-order valence-corrected chi connectivity index (χ0v) is 15.9. The van der Waals surface area contributed by atoms with Crippen molar-refractivity contribution in [3.63, 3.8) is 0 Å². The van der Waals surface area contributed by atoms with E-state index in [1.807, 2.05) is 24.5 Å². The highest BCUT2D eigenvalue weighted by molar-refractivity contribution is 5.79. The lowest BCUT2D eigenvalue weighted by atomic mass is 10.1. The molecule has 1 aliphatic rings. The maximum absolute atomic E-state index is 5.99. The van der Waals surface area contributed by atoms with Crippen molar-refractivity contribution in [2.75, 3.05) is 13.1 Å². The molecule has 0 spiro atoms. The van der Waals surface area contributed by atoms with E-state index in [4.69, 9.17) is 4.74 Å². The highest BCUT2D eigenvalue weighted by Crippen LogP contribution is 2.27. The molecule has 140 valence electrons. The monoisotopic (exact) mass is 355 g/mol. The lowest BCUT2D eigenvalue weighted by Gasteiger charge is -2.15. The zero-order chi connectivity index (χ0) is 18.4. The first kappa shape index (κ1) is 18.3. The number of benzene rings is 1. The third-order valence-corrected chi connectivity index (χ3v) is 4.30. The van der Waals surface area contributed by atoms with Crippen LogP contribution in [0.25, 0.3) is 0 Å². The highest BCUT2D eigenvalue weighted by Gasteiger charge is 2.22. The van der Waals surface area contributed by atoms with Gasteiger partial charge in [-0.2, -0.15) is 0 Å². The fourth-order valence-corrected chi connectivity index (χ4v) is 3.12. The van der Waals surface area contributed by atoms with Gasteiger partial charge >= 0.3 is 0 Å². The van der Waals surface area contributed by atoms with Gasteiger partial charge < -0.3 is 19.9 Å². The van der Waals surface area contributed by atoms with Crippen molar-refractivity contribution in [3.8, 4) is 5.75 Å². The van der Waals surface area contributed by atoms with E-state index < -0.39 is 0 Å². The van der Waals surface area contributed by atoms with Crippen molar-refractivity contribution in [2.24, 2.45) is 10.9 Å². The summed E-state index contributed by atoms with van der Waals surface area (Å²) in [7, 11) is 0. The number of hydrogen-bond acceptors (Lipinski definition) is 3. The van der Waals surface area contributed by atoms with Crippen LogP contribution in [0, 0.1) is 5.92 Å². The number of nitrogens with zero attached hydrogens (tertiary/aromatic N) is 3. The van der Waals surface area contributed by atoms with Crippen molar-refractivity contribution in [1.82, 2.24) is 20.2 Å². The predicted octanol–water partition coefficient (Wildman–Crippen LogP) is 2.60. The molecule has 0 saturated carbocycles. The quantitative estimate of drug-likeness (QED) is 0.592. The number of rotatable bonds is 7. The second kappa shape index (κ2) is 8.74. The maximum Gasteiger partial charge on any atom is 0.191 e. The van der Waals surface area contributed by atoms with Crippen LogP contribution < -0.4 is 15.4 Å². The molecule has 1 unspecified atom stereocenters. The van der Waals surface area contributed by atoms with Gasteiger partial charge in [0.2, 0.25) is 0 Å². The van der Waals surface area contributed by atoms with E-state index in [-0.39, 0.29) is 6.10 Å². The van der Waals surface area contributed by atoms with E-state index in [9.17, 15) is 0 Å². The minimum absolute atomic E-state index is 0.138. The number of guanidine groups is 1. The summed E-state index contributed by atoms with van der Waals surface area (Å²) in [6.45, 7) is 9.54. The first-order chi connectivity index (χ1) is 12.7. The number of aromatic nitrogens is 2. The molecule has 1 aromatic carbocycles. The van der Waals surface area contributed by atoms with Crippen LogP contribution in [0.1, 0.15) is 32.2 Å². The zero-order valence-electron chi connectivity index (χ0n) is 15.9. The van der Waals surface area contributed by atoms with Crippen LogP contribution in [-0.4, -0.2) is 34.7 Å². The van der Waals surface area contributed by atoms with Crippen LogP contribution in [0.3, 0.4) is 0 Å². The van der Waals surface area contributed by atoms with Crippen LogP contribution in [0.2, 0.25) is 0 Å². The molecule has 0 fully saturated rings.